The van der Waals surface area contributed by atoms with Gasteiger partial charge >= 0.3 is 6.18 Å². The Bertz CT molecular complexity index is 1170. The zero-order valence-corrected chi connectivity index (χ0v) is 17.8. The molecule has 168 valence electrons. The quantitative estimate of drug-likeness (QED) is 0.570. The van der Waals surface area contributed by atoms with Crippen molar-refractivity contribution in [3.8, 4) is 11.4 Å². The molecule has 0 radical (unpaired) electrons. The van der Waals surface area contributed by atoms with E-state index in [9.17, 15) is 22.8 Å². The van der Waals surface area contributed by atoms with E-state index in [-0.39, 0.29) is 17.9 Å². The number of carbonyl (C=O) groups is 1. The summed E-state index contributed by atoms with van der Waals surface area (Å²) in [6, 6.07) is 13.1. The van der Waals surface area contributed by atoms with Crippen LogP contribution >= 0.6 is 0 Å². The molecule has 32 heavy (non-hydrogen) atoms. The molecule has 0 saturated heterocycles. The second-order valence-electron chi connectivity index (χ2n) is 7.16. The van der Waals surface area contributed by atoms with Crippen LogP contribution in [0.15, 0.2) is 59.4 Å². The summed E-state index contributed by atoms with van der Waals surface area (Å²) in [5, 5.41) is 4.01. The third-order valence-electron chi connectivity index (χ3n) is 4.75. The lowest BCUT2D eigenvalue weighted by atomic mass is 10.1. The maximum Gasteiger partial charge on any atom is 0.418 e. The fourth-order valence-corrected chi connectivity index (χ4v) is 3.22. The number of nitrogens with zero attached hydrogens (tertiary/aromatic N) is 3. The van der Waals surface area contributed by atoms with E-state index in [1.54, 1.807) is 24.3 Å². The van der Waals surface area contributed by atoms with Gasteiger partial charge < -0.3 is 9.64 Å². The molecule has 0 bridgehead atoms. The lowest BCUT2D eigenvalue weighted by Gasteiger charge is -2.19. The second-order valence-corrected chi connectivity index (χ2v) is 7.16. The van der Waals surface area contributed by atoms with E-state index in [0.717, 1.165) is 22.4 Å². The summed E-state index contributed by atoms with van der Waals surface area (Å²) in [7, 11) is 1.49. The molecule has 0 fully saturated rings. The predicted molar refractivity (Wildman–Crippen MR) is 113 cm³/mol. The lowest BCUT2D eigenvalue weighted by molar-refractivity contribution is -0.137. The van der Waals surface area contributed by atoms with Crippen molar-refractivity contribution < 1.29 is 22.7 Å². The minimum absolute atomic E-state index is 0.178. The molecule has 0 unspecified atom stereocenters. The lowest BCUT2D eigenvalue weighted by Crippen LogP contribution is -2.33. The van der Waals surface area contributed by atoms with Crippen LogP contribution in [0.5, 0.6) is 5.75 Å². The number of halogens is 3. The fraction of sp³-hybridized carbons (Fsp3) is 0.261. The molecule has 3 rings (SSSR count). The van der Waals surface area contributed by atoms with E-state index in [4.69, 9.17) is 4.74 Å². The number of alkyl halides is 3. The van der Waals surface area contributed by atoms with Gasteiger partial charge in [0, 0.05) is 25.4 Å². The molecule has 1 amide bonds. The first-order chi connectivity index (χ1) is 15.1. The standard InChI is InChI=1S/C23H22F3N3O3/c1-4-32-17-11-9-16(10-12-17)14-28(3)22(31)21-20(30)13-15(2)29(27-21)19-8-6-5-7-18(19)23(24,25)26/h5-13H,4,14H2,1-3H3. The Labute approximate surface area is 182 Å². The van der Waals surface area contributed by atoms with Gasteiger partial charge in [-0.2, -0.15) is 18.3 Å². The molecule has 3 aromatic rings. The number of aromatic nitrogens is 2. The summed E-state index contributed by atoms with van der Waals surface area (Å²) < 4.78 is 46.8. The second kappa shape index (κ2) is 9.25. The minimum atomic E-state index is -4.62. The first-order valence-corrected chi connectivity index (χ1v) is 9.86. The van der Waals surface area contributed by atoms with Gasteiger partial charge in [-0.05, 0) is 43.7 Å². The first kappa shape index (κ1) is 23.1. The summed E-state index contributed by atoms with van der Waals surface area (Å²) in [5.41, 5.74) is -1.33. The normalized spacial score (nSPS) is 11.3. The fourth-order valence-electron chi connectivity index (χ4n) is 3.22. The first-order valence-electron chi connectivity index (χ1n) is 9.86. The summed E-state index contributed by atoms with van der Waals surface area (Å²) in [5.74, 6) is -0.00114. The van der Waals surface area contributed by atoms with Gasteiger partial charge in [0.1, 0.15) is 5.75 Å². The van der Waals surface area contributed by atoms with Crippen molar-refractivity contribution in [2.45, 2.75) is 26.6 Å². The van der Waals surface area contributed by atoms with E-state index in [1.807, 2.05) is 6.92 Å². The molecule has 2 aromatic carbocycles. The molecule has 9 heteroatoms. The molecular formula is C23H22F3N3O3. The Hall–Kier alpha value is -3.62. The van der Waals surface area contributed by atoms with Crippen LogP contribution in [0.2, 0.25) is 0 Å². The zero-order valence-electron chi connectivity index (χ0n) is 17.8. The molecular weight excluding hydrogens is 423 g/mol. The molecule has 0 saturated carbocycles. The number of amides is 1. The average Bonchev–Trinajstić information content (AvgIpc) is 2.74. The Morgan fingerprint density at radius 2 is 1.78 bits per heavy atom. The van der Waals surface area contributed by atoms with Crippen LogP contribution in [0.4, 0.5) is 13.2 Å². The molecule has 0 aliphatic carbocycles. The van der Waals surface area contributed by atoms with Crippen molar-refractivity contribution in [2.24, 2.45) is 0 Å². The summed E-state index contributed by atoms with van der Waals surface area (Å²) >= 11 is 0. The van der Waals surface area contributed by atoms with Crippen LogP contribution < -0.4 is 10.2 Å². The average molecular weight is 445 g/mol. The predicted octanol–water partition coefficient (Wildman–Crippen LogP) is 4.23. The van der Waals surface area contributed by atoms with Crippen molar-refractivity contribution in [3.05, 3.63) is 87.3 Å². The number of para-hydroxylation sites is 1. The van der Waals surface area contributed by atoms with Crippen LogP contribution in [0.25, 0.3) is 5.69 Å². The van der Waals surface area contributed by atoms with Crippen molar-refractivity contribution in [2.75, 3.05) is 13.7 Å². The van der Waals surface area contributed by atoms with Gasteiger partial charge in [-0.25, -0.2) is 4.68 Å². The van der Waals surface area contributed by atoms with Crippen LogP contribution in [0.3, 0.4) is 0 Å². The van der Waals surface area contributed by atoms with Gasteiger partial charge in [0.25, 0.3) is 5.91 Å². The highest BCUT2D eigenvalue weighted by Crippen LogP contribution is 2.33. The Kier molecular flexibility index (Phi) is 6.67. The van der Waals surface area contributed by atoms with Crippen LogP contribution in [-0.2, 0) is 12.7 Å². The van der Waals surface area contributed by atoms with Crippen LogP contribution in [-0.4, -0.2) is 34.2 Å². The third kappa shape index (κ3) is 4.99. The Balaban J connectivity index is 1.94. The molecule has 1 heterocycles. The number of hydrogen-bond donors (Lipinski definition) is 0. The molecule has 0 spiro atoms. The number of hydrogen-bond acceptors (Lipinski definition) is 4. The largest absolute Gasteiger partial charge is 0.494 e. The SMILES string of the molecule is CCOc1ccc(CN(C)C(=O)c2nn(-c3ccccc3C(F)(F)F)c(C)cc2=O)cc1. The summed E-state index contributed by atoms with van der Waals surface area (Å²) in [6.45, 7) is 4.04. The monoisotopic (exact) mass is 445 g/mol. The van der Waals surface area contributed by atoms with Gasteiger partial charge in [-0.1, -0.05) is 24.3 Å². The van der Waals surface area contributed by atoms with E-state index in [0.29, 0.717) is 12.4 Å². The maximum absolute atomic E-state index is 13.5. The van der Waals surface area contributed by atoms with Gasteiger partial charge in [0.05, 0.1) is 17.9 Å². The molecule has 0 aliphatic heterocycles. The Morgan fingerprint density at radius 1 is 1.12 bits per heavy atom. The maximum atomic E-state index is 13.5. The number of benzene rings is 2. The molecule has 0 N–H and O–H groups in total. The van der Waals surface area contributed by atoms with Crippen molar-refractivity contribution in [1.29, 1.82) is 0 Å². The minimum Gasteiger partial charge on any atom is -0.494 e. The van der Waals surface area contributed by atoms with Crippen LogP contribution in [0, 0.1) is 6.92 Å². The van der Waals surface area contributed by atoms with Gasteiger partial charge in [-0.3, -0.25) is 9.59 Å². The van der Waals surface area contributed by atoms with Gasteiger partial charge in [-0.15, -0.1) is 0 Å². The molecule has 6 nitrogen and oxygen atoms in total. The number of aryl methyl sites for hydroxylation is 1. The van der Waals surface area contributed by atoms with Crippen molar-refractivity contribution in [3.63, 3.8) is 0 Å². The Morgan fingerprint density at radius 3 is 2.41 bits per heavy atom. The third-order valence-corrected chi connectivity index (χ3v) is 4.75. The highest BCUT2D eigenvalue weighted by molar-refractivity contribution is 5.91. The van der Waals surface area contributed by atoms with E-state index in [1.165, 1.54) is 37.1 Å². The van der Waals surface area contributed by atoms with E-state index in [2.05, 4.69) is 5.10 Å². The van der Waals surface area contributed by atoms with E-state index >= 15 is 0 Å². The van der Waals surface area contributed by atoms with Crippen molar-refractivity contribution in [1.82, 2.24) is 14.7 Å². The van der Waals surface area contributed by atoms with Gasteiger partial charge in [0.15, 0.2) is 5.69 Å². The van der Waals surface area contributed by atoms with Crippen LogP contribution in [0.1, 0.15) is 34.2 Å². The van der Waals surface area contributed by atoms with Crippen molar-refractivity contribution >= 4 is 5.91 Å². The number of carbonyl (C=O) groups excluding carboxylic acids is 1. The number of rotatable bonds is 6. The number of ether oxygens (including phenoxy) is 1. The summed E-state index contributed by atoms with van der Waals surface area (Å²) in [4.78, 5) is 26.7. The summed E-state index contributed by atoms with van der Waals surface area (Å²) in [6.07, 6.45) is -4.62. The molecule has 0 atom stereocenters. The zero-order chi connectivity index (χ0) is 23.5. The molecule has 0 aliphatic rings. The highest BCUT2D eigenvalue weighted by atomic mass is 19.4. The smallest absolute Gasteiger partial charge is 0.418 e. The molecule has 1 aromatic heterocycles. The van der Waals surface area contributed by atoms with Gasteiger partial charge in [0.2, 0.25) is 5.43 Å². The van der Waals surface area contributed by atoms with E-state index < -0.39 is 28.8 Å². The topological polar surface area (TPSA) is 64.4 Å². The highest BCUT2D eigenvalue weighted by Gasteiger charge is 2.34.